The van der Waals surface area contributed by atoms with Gasteiger partial charge >= 0.3 is 0 Å². The Labute approximate surface area is 192 Å². The first-order valence-electron chi connectivity index (χ1n) is 11.2. The summed E-state index contributed by atoms with van der Waals surface area (Å²) >= 11 is 0. The van der Waals surface area contributed by atoms with E-state index in [1.54, 1.807) is 12.5 Å². The highest BCUT2D eigenvalue weighted by molar-refractivity contribution is 5.97. The topological polar surface area (TPSA) is 85.2 Å². The van der Waals surface area contributed by atoms with Gasteiger partial charge in [0, 0.05) is 49.7 Å². The Bertz CT molecular complexity index is 1220. The summed E-state index contributed by atoms with van der Waals surface area (Å²) in [5.41, 5.74) is 3.88. The number of rotatable bonds is 7. The lowest BCUT2D eigenvalue weighted by atomic mass is 10.1. The molecule has 1 N–H and O–H groups in total. The minimum absolute atomic E-state index is 0.108. The molecular weight excluding hydrogens is 416 g/mol. The summed E-state index contributed by atoms with van der Waals surface area (Å²) in [5, 5.41) is 2.99. The van der Waals surface area contributed by atoms with Crippen LogP contribution in [0.5, 0.6) is 0 Å². The van der Waals surface area contributed by atoms with Crippen LogP contribution in [0.25, 0.3) is 22.3 Å². The van der Waals surface area contributed by atoms with E-state index in [9.17, 15) is 4.79 Å². The van der Waals surface area contributed by atoms with Crippen molar-refractivity contribution in [1.82, 2.24) is 24.8 Å². The maximum Gasteiger partial charge on any atom is 0.251 e. The molecule has 0 bridgehead atoms. The van der Waals surface area contributed by atoms with Crippen LogP contribution in [0.2, 0.25) is 0 Å². The molecule has 0 atom stereocenters. The van der Waals surface area contributed by atoms with Gasteiger partial charge in [-0.3, -0.25) is 4.79 Å². The highest BCUT2D eigenvalue weighted by Gasteiger charge is 2.20. The van der Waals surface area contributed by atoms with Crippen molar-refractivity contribution in [2.45, 2.75) is 13.0 Å². The van der Waals surface area contributed by atoms with Crippen LogP contribution >= 0.6 is 0 Å². The number of fused-ring (bicyclic) bond motifs is 1. The number of carbonyl (C=O) groups excluding carboxylic acids is 1. The molecule has 0 unspecified atom stereocenters. The molecule has 2 aromatic heterocycles. The van der Waals surface area contributed by atoms with E-state index < -0.39 is 0 Å². The summed E-state index contributed by atoms with van der Waals surface area (Å²) in [6.07, 6.45) is 6.28. The normalized spacial score (nSPS) is 13.9. The second-order valence-electron chi connectivity index (χ2n) is 7.97. The predicted molar refractivity (Wildman–Crippen MR) is 127 cm³/mol. The van der Waals surface area contributed by atoms with Crippen molar-refractivity contribution >= 4 is 22.8 Å². The second kappa shape index (κ2) is 9.79. The van der Waals surface area contributed by atoms with Gasteiger partial charge in [0.1, 0.15) is 5.69 Å². The van der Waals surface area contributed by atoms with E-state index >= 15 is 0 Å². The number of nitrogens with zero attached hydrogens (tertiary/aromatic N) is 5. The zero-order valence-electron chi connectivity index (χ0n) is 18.4. The van der Waals surface area contributed by atoms with E-state index in [0.29, 0.717) is 30.8 Å². The summed E-state index contributed by atoms with van der Waals surface area (Å²) in [4.78, 5) is 28.9. The largest absolute Gasteiger partial charge is 0.378 e. The van der Waals surface area contributed by atoms with Crippen LogP contribution in [-0.2, 0) is 11.3 Å². The molecule has 8 heteroatoms. The van der Waals surface area contributed by atoms with Gasteiger partial charge in [-0.15, -0.1) is 0 Å². The van der Waals surface area contributed by atoms with Gasteiger partial charge in [0.2, 0.25) is 0 Å². The van der Waals surface area contributed by atoms with Crippen LogP contribution in [0.4, 0.5) is 5.82 Å². The number of amides is 1. The average molecular weight is 443 g/mol. The Balaban J connectivity index is 1.39. The molecule has 168 valence electrons. The number of imidazole rings is 1. The van der Waals surface area contributed by atoms with Crippen molar-refractivity contribution < 1.29 is 9.53 Å². The molecule has 1 aliphatic heterocycles. The Kier molecular flexibility index (Phi) is 6.25. The highest BCUT2D eigenvalue weighted by Crippen LogP contribution is 2.30. The van der Waals surface area contributed by atoms with Gasteiger partial charge in [-0.25, -0.2) is 15.0 Å². The van der Waals surface area contributed by atoms with Crippen LogP contribution in [0.1, 0.15) is 16.8 Å². The van der Waals surface area contributed by atoms with E-state index in [1.807, 2.05) is 59.3 Å². The Morgan fingerprint density at radius 1 is 1.03 bits per heavy atom. The number of benzene rings is 2. The Hall–Kier alpha value is -3.78. The van der Waals surface area contributed by atoms with Crippen molar-refractivity contribution in [2.75, 3.05) is 37.7 Å². The van der Waals surface area contributed by atoms with Crippen LogP contribution < -0.4 is 10.2 Å². The molecule has 1 saturated heterocycles. The van der Waals surface area contributed by atoms with Crippen molar-refractivity contribution in [3.8, 4) is 11.3 Å². The number of carbonyl (C=O) groups is 1. The lowest BCUT2D eigenvalue weighted by molar-refractivity contribution is 0.0953. The lowest BCUT2D eigenvalue weighted by Gasteiger charge is -2.29. The zero-order chi connectivity index (χ0) is 22.5. The molecule has 1 aliphatic rings. The number of hydrogen-bond acceptors (Lipinski definition) is 6. The van der Waals surface area contributed by atoms with Crippen molar-refractivity contribution in [1.29, 1.82) is 0 Å². The first-order chi connectivity index (χ1) is 16.3. The fourth-order valence-electron chi connectivity index (χ4n) is 3.96. The summed E-state index contributed by atoms with van der Waals surface area (Å²) in [6.45, 7) is 4.31. The third-order valence-electron chi connectivity index (χ3n) is 5.70. The summed E-state index contributed by atoms with van der Waals surface area (Å²) in [6, 6.07) is 15.6. The maximum atomic E-state index is 12.7. The number of aryl methyl sites for hydroxylation is 1. The Morgan fingerprint density at radius 2 is 1.88 bits per heavy atom. The average Bonchev–Trinajstić information content (AvgIpc) is 3.40. The van der Waals surface area contributed by atoms with Gasteiger partial charge in [0.05, 0.1) is 30.6 Å². The fraction of sp³-hybridized carbons (Fsp3) is 0.280. The minimum Gasteiger partial charge on any atom is -0.378 e. The van der Waals surface area contributed by atoms with E-state index in [4.69, 9.17) is 14.7 Å². The molecule has 5 rings (SSSR count). The van der Waals surface area contributed by atoms with Gasteiger partial charge in [-0.05, 0) is 24.6 Å². The Morgan fingerprint density at radius 3 is 2.67 bits per heavy atom. The molecule has 0 radical (unpaired) electrons. The predicted octanol–water partition coefficient (Wildman–Crippen LogP) is 3.15. The molecule has 0 spiro atoms. The maximum absolute atomic E-state index is 12.7. The van der Waals surface area contributed by atoms with Crippen LogP contribution in [0, 0.1) is 0 Å². The second-order valence-corrected chi connectivity index (χ2v) is 7.97. The first kappa shape index (κ1) is 21.1. The SMILES string of the molecule is O=C(NCCCn1ccnc1)c1ccc2nc(N3CCOCC3)c(-c3ccccc3)nc2c1. The van der Waals surface area contributed by atoms with Crippen molar-refractivity contribution in [3.63, 3.8) is 0 Å². The number of nitrogens with one attached hydrogen (secondary N) is 1. The first-order valence-corrected chi connectivity index (χ1v) is 11.2. The molecule has 0 aliphatic carbocycles. The lowest BCUT2D eigenvalue weighted by Crippen LogP contribution is -2.37. The third-order valence-corrected chi connectivity index (χ3v) is 5.70. The molecule has 4 aromatic rings. The summed E-state index contributed by atoms with van der Waals surface area (Å²) in [7, 11) is 0. The zero-order valence-corrected chi connectivity index (χ0v) is 18.4. The van der Waals surface area contributed by atoms with E-state index in [0.717, 1.165) is 48.6 Å². The molecule has 8 nitrogen and oxygen atoms in total. The van der Waals surface area contributed by atoms with Crippen LogP contribution in [0.15, 0.2) is 67.3 Å². The molecule has 0 saturated carbocycles. The van der Waals surface area contributed by atoms with Gasteiger partial charge in [-0.2, -0.15) is 0 Å². The molecule has 2 aromatic carbocycles. The van der Waals surface area contributed by atoms with E-state index in [-0.39, 0.29) is 5.91 Å². The smallest absolute Gasteiger partial charge is 0.251 e. The van der Waals surface area contributed by atoms with Gasteiger partial charge < -0.3 is 19.5 Å². The number of morpholine rings is 1. The summed E-state index contributed by atoms with van der Waals surface area (Å²) < 4.78 is 7.51. The number of anilines is 1. The summed E-state index contributed by atoms with van der Waals surface area (Å²) in [5.74, 6) is 0.747. The minimum atomic E-state index is -0.108. The number of hydrogen-bond donors (Lipinski definition) is 1. The van der Waals surface area contributed by atoms with Gasteiger partial charge in [0.25, 0.3) is 5.91 Å². The molecule has 3 heterocycles. The molecular formula is C25H26N6O2. The number of aromatic nitrogens is 4. The standard InChI is InChI=1S/C25H26N6O2/c32-25(27-9-4-11-30-12-10-26-18-30)20-7-8-21-22(17-20)28-23(19-5-2-1-3-6-19)24(29-21)31-13-15-33-16-14-31/h1-3,5-8,10,12,17-18H,4,9,11,13-16H2,(H,27,32). The molecule has 1 fully saturated rings. The van der Waals surface area contributed by atoms with Gasteiger partial charge in [0.15, 0.2) is 5.82 Å². The molecule has 33 heavy (non-hydrogen) atoms. The fourth-order valence-corrected chi connectivity index (χ4v) is 3.96. The van der Waals surface area contributed by atoms with E-state index in [2.05, 4.69) is 15.2 Å². The highest BCUT2D eigenvalue weighted by atomic mass is 16.5. The number of ether oxygens (including phenoxy) is 1. The van der Waals surface area contributed by atoms with Crippen molar-refractivity contribution in [3.05, 3.63) is 72.8 Å². The van der Waals surface area contributed by atoms with Crippen molar-refractivity contribution in [2.24, 2.45) is 0 Å². The van der Waals surface area contributed by atoms with Crippen LogP contribution in [0.3, 0.4) is 0 Å². The monoisotopic (exact) mass is 442 g/mol. The quantitative estimate of drug-likeness (QED) is 0.443. The molecule has 1 amide bonds. The van der Waals surface area contributed by atoms with Crippen LogP contribution in [-0.4, -0.2) is 58.3 Å². The van der Waals surface area contributed by atoms with E-state index in [1.165, 1.54) is 0 Å². The third kappa shape index (κ3) is 4.85. The van der Waals surface area contributed by atoms with Gasteiger partial charge in [-0.1, -0.05) is 30.3 Å².